The van der Waals surface area contributed by atoms with E-state index in [9.17, 15) is 8.42 Å². The summed E-state index contributed by atoms with van der Waals surface area (Å²) in [4.78, 5) is 4.26. The number of nitrogens with zero attached hydrogens (tertiary/aromatic N) is 1. The number of methoxy groups -OCH3 is 1. The Balaban J connectivity index is 2.60. The van der Waals surface area contributed by atoms with Crippen molar-refractivity contribution in [2.75, 3.05) is 19.1 Å². The maximum Gasteiger partial charge on any atom is 0.175 e. The van der Waals surface area contributed by atoms with Gasteiger partial charge in [-0.3, -0.25) is 0 Å². The number of rotatable bonds is 3. The molecule has 6 heteroatoms. The van der Waals surface area contributed by atoms with E-state index in [1.165, 1.54) is 13.4 Å². The summed E-state index contributed by atoms with van der Waals surface area (Å²) in [6.07, 6.45) is 2.74. The molecule has 0 aliphatic heterocycles. The minimum Gasteiger partial charge on any atom is -0.496 e. The second-order valence-corrected chi connectivity index (χ2v) is 6.13. The van der Waals surface area contributed by atoms with Gasteiger partial charge in [0.15, 0.2) is 9.84 Å². The van der Waals surface area contributed by atoms with Gasteiger partial charge in [0.2, 0.25) is 0 Å². The van der Waals surface area contributed by atoms with Crippen LogP contribution in [0.3, 0.4) is 0 Å². The second kappa shape index (κ2) is 4.89. The number of aromatic nitrogens is 1. The third-order valence-corrected chi connectivity index (χ3v) is 3.79. The van der Waals surface area contributed by atoms with Crippen LogP contribution in [0.2, 0.25) is 0 Å². The van der Waals surface area contributed by atoms with E-state index in [1.807, 2.05) is 0 Å². The standard InChI is InChI=1S/C13H14N2O3S/c1-18-12-7-13(14)15-8-11(12)9-4-3-5-10(6-9)19(2,16)17/h3-8H,1-2H3,(H2,14,15). The Morgan fingerprint density at radius 2 is 2.00 bits per heavy atom. The van der Waals surface area contributed by atoms with E-state index >= 15 is 0 Å². The molecule has 0 atom stereocenters. The molecule has 0 aliphatic carbocycles. The third kappa shape index (κ3) is 2.85. The average molecular weight is 278 g/mol. The Morgan fingerprint density at radius 1 is 1.26 bits per heavy atom. The lowest BCUT2D eigenvalue weighted by atomic mass is 10.1. The van der Waals surface area contributed by atoms with Crippen LogP contribution in [0.15, 0.2) is 41.4 Å². The van der Waals surface area contributed by atoms with Crippen molar-refractivity contribution in [1.82, 2.24) is 4.98 Å². The van der Waals surface area contributed by atoms with E-state index in [2.05, 4.69) is 4.98 Å². The number of hydrogen-bond donors (Lipinski definition) is 1. The topological polar surface area (TPSA) is 82.3 Å². The zero-order chi connectivity index (χ0) is 14.0. The Bertz CT molecular complexity index is 712. The minimum absolute atomic E-state index is 0.254. The predicted octanol–water partition coefficient (Wildman–Crippen LogP) is 1.74. The summed E-state index contributed by atoms with van der Waals surface area (Å²) in [6.45, 7) is 0. The molecule has 2 aromatic rings. The molecule has 0 amide bonds. The molecule has 0 spiro atoms. The van der Waals surface area contributed by atoms with E-state index in [0.717, 1.165) is 0 Å². The van der Waals surface area contributed by atoms with Crippen molar-refractivity contribution >= 4 is 15.7 Å². The van der Waals surface area contributed by atoms with Crippen LogP contribution in [0, 0.1) is 0 Å². The van der Waals surface area contributed by atoms with Crippen molar-refractivity contribution in [3.63, 3.8) is 0 Å². The largest absolute Gasteiger partial charge is 0.496 e. The van der Waals surface area contributed by atoms with Gasteiger partial charge in [-0.15, -0.1) is 0 Å². The van der Waals surface area contributed by atoms with Gasteiger partial charge in [0.05, 0.1) is 12.0 Å². The normalized spacial score (nSPS) is 11.3. The Morgan fingerprint density at radius 3 is 2.63 bits per heavy atom. The van der Waals surface area contributed by atoms with Crippen molar-refractivity contribution in [1.29, 1.82) is 0 Å². The molecule has 1 aromatic carbocycles. The summed E-state index contributed by atoms with van der Waals surface area (Å²) >= 11 is 0. The van der Waals surface area contributed by atoms with Crippen molar-refractivity contribution in [2.45, 2.75) is 4.90 Å². The molecular formula is C13H14N2O3S. The predicted molar refractivity (Wildman–Crippen MR) is 73.7 cm³/mol. The monoisotopic (exact) mass is 278 g/mol. The van der Waals surface area contributed by atoms with Crippen molar-refractivity contribution < 1.29 is 13.2 Å². The van der Waals surface area contributed by atoms with Crippen LogP contribution in [0.5, 0.6) is 5.75 Å². The first-order valence-electron chi connectivity index (χ1n) is 5.52. The summed E-state index contributed by atoms with van der Waals surface area (Å²) in [5.41, 5.74) is 7.00. The van der Waals surface area contributed by atoms with Gasteiger partial charge in [0.25, 0.3) is 0 Å². The quantitative estimate of drug-likeness (QED) is 0.924. The maximum absolute atomic E-state index is 11.6. The molecule has 0 aliphatic rings. The first-order chi connectivity index (χ1) is 8.91. The number of benzene rings is 1. The van der Waals surface area contributed by atoms with E-state index in [-0.39, 0.29) is 4.90 Å². The number of ether oxygens (including phenoxy) is 1. The van der Waals surface area contributed by atoms with Crippen LogP contribution in [0.1, 0.15) is 0 Å². The smallest absolute Gasteiger partial charge is 0.175 e. The van der Waals surface area contributed by atoms with E-state index in [4.69, 9.17) is 10.5 Å². The van der Waals surface area contributed by atoms with Crippen molar-refractivity contribution in [2.24, 2.45) is 0 Å². The number of pyridine rings is 1. The van der Waals surface area contributed by atoms with Gasteiger partial charge in [-0.05, 0) is 17.7 Å². The van der Waals surface area contributed by atoms with Crippen LogP contribution in [0.25, 0.3) is 11.1 Å². The van der Waals surface area contributed by atoms with E-state index < -0.39 is 9.84 Å². The molecular weight excluding hydrogens is 264 g/mol. The summed E-state index contributed by atoms with van der Waals surface area (Å²) in [6, 6.07) is 8.22. The molecule has 19 heavy (non-hydrogen) atoms. The van der Waals surface area contributed by atoms with Gasteiger partial charge in [-0.1, -0.05) is 12.1 Å². The van der Waals surface area contributed by atoms with Gasteiger partial charge >= 0.3 is 0 Å². The van der Waals surface area contributed by atoms with E-state index in [0.29, 0.717) is 22.7 Å². The molecule has 0 saturated heterocycles. The number of hydrogen-bond acceptors (Lipinski definition) is 5. The minimum atomic E-state index is -3.25. The van der Waals surface area contributed by atoms with Crippen LogP contribution in [-0.2, 0) is 9.84 Å². The highest BCUT2D eigenvalue weighted by Gasteiger charge is 2.11. The molecule has 100 valence electrons. The van der Waals surface area contributed by atoms with Crippen molar-refractivity contribution in [3.05, 3.63) is 36.5 Å². The molecule has 1 aromatic heterocycles. The second-order valence-electron chi connectivity index (χ2n) is 4.11. The van der Waals surface area contributed by atoms with Gasteiger partial charge in [-0.2, -0.15) is 0 Å². The highest BCUT2D eigenvalue weighted by Crippen LogP contribution is 2.31. The molecule has 5 nitrogen and oxygen atoms in total. The zero-order valence-corrected chi connectivity index (χ0v) is 11.4. The molecule has 2 N–H and O–H groups in total. The molecule has 1 heterocycles. The summed E-state index contributed by atoms with van der Waals surface area (Å²) in [7, 11) is -1.72. The van der Waals surface area contributed by atoms with E-state index in [1.54, 1.807) is 36.5 Å². The number of sulfone groups is 1. The Labute approximate surface area is 112 Å². The van der Waals surface area contributed by atoms with Gasteiger partial charge in [0, 0.05) is 24.1 Å². The van der Waals surface area contributed by atoms with Crippen molar-refractivity contribution in [3.8, 4) is 16.9 Å². The average Bonchev–Trinajstić information content (AvgIpc) is 2.37. The first kappa shape index (κ1) is 13.4. The molecule has 0 fully saturated rings. The Kier molecular flexibility index (Phi) is 3.44. The summed E-state index contributed by atoms with van der Waals surface area (Å²) < 4.78 is 28.4. The number of anilines is 1. The first-order valence-corrected chi connectivity index (χ1v) is 7.41. The lowest BCUT2D eigenvalue weighted by Crippen LogP contribution is -1.98. The maximum atomic E-state index is 11.6. The molecule has 0 radical (unpaired) electrons. The van der Waals surface area contributed by atoms with Crippen LogP contribution >= 0.6 is 0 Å². The fourth-order valence-corrected chi connectivity index (χ4v) is 2.40. The highest BCUT2D eigenvalue weighted by molar-refractivity contribution is 7.90. The molecule has 0 bridgehead atoms. The SMILES string of the molecule is COc1cc(N)ncc1-c1cccc(S(C)(=O)=O)c1. The summed E-state index contributed by atoms with van der Waals surface area (Å²) in [5, 5.41) is 0. The van der Waals surface area contributed by atoms with Crippen LogP contribution in [-0.4, -0.2) is 26.8 Å². The Hall–Kier alpha value is -2.08. The lowest BCUT2D eigenvalue weighted by molar-refractivity contribution is 0.416. The fourth-order valence-electron chi connectivity index (χ4n) is 1.73. The van der Waals surface area contributed by atoms with Gasteiger partial charge in [-0.25, -0.2) is 13.4 Å². The van der Waals surface area contributed by atoms with Crippen LogP contribution < -0.4 is 10.5 Å². The van der Waals surface area contributed by atoms with Gasteiger partial charge in [0.1, 0.15) is 11.6 Å². The van der Waals surface area contributed by atoms with Gasteiger partial charge < -0.3 is 10.5 Å². The number of nitrogen functional groups attached to an aromatic ring is 1. The zero-order valence-electron chi connectivity index (χ0n) is 10.6. The molecule has 0 saturated carbocycles. The number of nitrogens with two attached hydrogens (primary N) is 1. The lowest BCUT2D eigenvalue weighted by Gasteiger charge is -2.09. The molecule has 0 unspecified atom stereocenters. The highest BCUT2D eigenvalue weighted by atomic mass is 32.2. The fraction of sp³-hybridized carbons (Fsp3) is 0.154. The third-order valence-electron chi connectivity index (χ3n) is 2.68. The van der Waals surface area contributed by atoms with Crippen LogP contribution in [0.4, 0.5) is 5.82 Å². The summed E-state index contributed by atoms with van der Waals surface area (Å²) in [5.74, 6) is 0.901. The molecule has 2 rings (SSSR count).